The van der Waals surface area contributed by atoms with Crippen molar-refractivity contribution in [2.24, 2.45) is 11.1 Å². The van der Waals surface area contributed by atoms with Crippen molar-refractivity contribution >= 4 is 5.91 Å². The van der Waals surface area contributed by atoms with E-state index in [1.165, 1.54) is 24.8 Å². The maximum Gasteiger partial charge on any atom is 0.220 e. The Bertz CT molecular complexity index is 507. The van der Waals surface area contributed by atoms with Crippen molar-refractivity contribution in [3.05, 3.63) is 29.8 Å². The molecule has 4 nitrogen and oxygen atoms in total. The summed E-state index contributed by atoms with van der Waals surface area (Å²) in [6.07, 6.45) is 8.35. The van der Waals surface area contributed by atoms with Gasteiger partial charge in [-0.2, -0.15) is 0 Å². The van der Waals surface area contributed by atoms with Crippen LogP contribution in [0.4, 0.5) is 0 Å². The zero-order valence-electron chi connectivity index (χ0n) is 15.1. The molecule has 1 amide bonds. The lowest BCUT2D eigenvalue weighted by atomic mass is 9.71. The third kappa shape index (κ3) is 5.52. The minimum Gasteiger partial charge on any atom is -0.497 e. The van der Waals surface area contributed by atoms with Gasteiger partial charge in [-0.25, -0.2) is 0 Å². The molecule has 134 valence electrons. The Labute approximate surface area is 146 Å². The summed E-state index contributed by atoms with van der Waals surface area (Å²) in [5.41, 5.74) is 7.29. The van der Waals surface area contributed by atoms with Gasteiger partial charge in [0.05, 0.1) is 7.11 Å². The molecule has 0 heterocycles. The minimum absolute atomic E-state index is 0.0397. The van der Waals surface area contributed by atoms with Crippen LogP contribution in [0.1, 0.15) is 57.4 Å². The average molecular weight is 332 g/mol. The Morgan fingerprint density at radius 2 is 1.92 bits per heavy atom. The van der Waals surface area contributed by atoms with Gasteiger partial charge in [-0.15, -0.1) is 0 Å². The molecule has 3 N–H and O–H groups in total. The summed E-state index contributed by atoms with van der Waals surface area (Å²) in [6, 6.07) is 8.30. The summed E-state index contributed by atoms with van der Waals surface area (Å²) < 4.78 is 5.17. The second kappa shape index (κ2) is 9.07. The van der Waals surface area contributed by atoms with Gasteiger partial charge in [0.25, 0.3) is 0 Å². The summed E-state index contributed by atoms with van der Waals surface area (Å²) >= 11 is 0. The maximum atomic E-state index is 12.4. The molecule has 0 bridgehead atoms. The second-order valence-corrected chi connectivity index (χ2v) is 7.30. The van der Waals surface area contributed by atoms with Crippen molar-refractivity contribution in [1.82, 2.24) is 5.32 Å². The highest BCUT2D eigenvalue weighted by atomic mass is 16.5. The van der Waals surface area contributed by atoms with Gasteiger partial charge >= 0.3 is 0 Å². The van der Waals surface area contributed by atoms with Crippen molar-refractivity contribution in [1.29, 1.82) is 0 Å². The smallest absolute Gasteiger partial charge is 0.220 e. The third-order valence-corrected chi connectivity index (χ3v) is 5.32. The normalized spacial score (nSPS) is 18.0. The number of hydrogen-bond donors (Lipinski definition) is 2. The molecular formula is C20H32N2O2. The number of hydrogen-bond acceptors (Lipinski definition) is 3. The number of rotatable bonds is 8. The highest BCUT2D eigenvalue weighted by molar-refractivity contribution is 5.77. The van der Waals surface area contributed by atoms with Crippen LogP contribution in [-0.2, 0) is 11.2 Å². The molecule has 2 rings (SSSR count). The van der Waals surface area contributed by atoms with Gasteiger partial charge < -0.3 is 15.8 Å². The number of nitrogens with one attached hydrogen (secondary N) is 1. The molecule has 1 aromatic rings. The average Bonchev–Trinajstić information content (AvgIpc) is 2.61. The predicted octanol–water partition coefficient (Wildman–Crippen LogP) is 3.43. The van der Waals surface area contributed by atoms with Gasteiger partial charge in [-0.3, -0.25) is 4.79 Å². The first-order valence-corrected chi connectivity index (χ1v) is 9.19. The standard InChI is InChI=1S/C20H32N2O2/c1-16(6-7-17-8-10-18(24-2)11-9-17)22-19(23)14-20(15-21)12-4-3-5-13-20/h8-11,16H,3-7,12-15,21H2,1-2H3,(H,22,23). The Morgan fingerprint density at radius 3 is 2.50 bits per heavy atom. The zero-order valence-corrected chi connectivity index (χ0v) is 15.1. The van der Waals surface area contributed by atoms with E-state index in [1.807, 2.05) is 12.1 Å². The molecule has 1 aliphatic carbocycles. The summed E-state index contributed by atoms with van der Waals surface area (Å²) in [6.45, 7) is 2.71. The van der Waals surface area contributed by atoms with E-state index in [-0.39, 0.29) is 17.4 Å². The summed E-state index contributed by atoms with van der Waals surface area (Å²) in [5, 5.41) is 3.16. The number of carbonyl (C=O) groups excluding carboxylic acids is 1. The molecule has 1 atom stereocenters. The molecule has 0 aromatic heterocycles. The molecule has 1 saturated carbocycles. The molecule has 0 aliphatic heterocycles. The second-order valence-electron chi connectivity index (χ2n) is 7.30. The van der Waals surface area contributed by atoms with Gasteiger partial charge in [-0.05, 0) is 62.3 Å². The van der Waals surface area contributed by atoms with Crippen LogP contribution < -0.4 is 15.8 Å². The fourth-order valence-electron chi connectivity index (χ4n) is 3.67. The van der Waals surface area contributed by atoms with E-state index in [1.54, 1.807) is 7.11 Å². The van der Waals surface area contributed by atoms with Crippen molar-refractivity contribution in [3.63, 3.8) is 0 Å². The first kappa shape index (κ1) is 18.8. The van der Waals surface area contributed by atoms with Crippen molar-refractivity contribution in [2.45, 2.75) is 64.3 Å². The molecule has 4 heteroatoms. The van der Waals surface area contributed by atoms with E-state index in [9.17, 15) is 4.79 Å². The quantitative estimate of drug-likeness (QED) is 0.766. The topological polar surface area (TPSA) is 64.3 Å². The molecule has 0 spiro atoms. The Balaban J connectivity index is 1.76. The molecule has 0 radical (unpaired) electrons. The predicted molar refractivity (Wildman–Crippen MR) is 98.1 cm³/mol. The number of amides is 1. The van der Waals surface area contributed by atoms with E-state index >= 15 is 0 Å². The summed E-state index contributed by atoms with van der Waals surface area (Å²) in [5.74, 6) is 1.03. The molecule has 0 saturated heterocycles. The van der Waals surface area contributed by atoms with E-state index in [0.29, 0.717) is 13.0 Å². The molecule has 1 unspecified atom stereocenters. The minimum atomic E-state index is 0.0397. The number of benzene rings is 1. The number of carbonyl (C=O) groups is 1. The van der Waals surface area contributed by atoms with Crippen LogP contribution >= 0.6 is 0 Å². The Morgan fingerprint density at radius 1 is 1.25 bits per heavy atom. The summed E-state index contributed by atoms with van der Waals surface area (Å²) in [7, 11) is 1.67. The van der Waals surface area contributed by atoms with Gasteiger partial charge in [0.1, 0.15) is 5.75 Å². The van der Waals surface area contributed by atoms with E-state index < -0.39 is 0 Å². The lowest BCUT2D eigenvalue weighted by molar-refractivity contribution is -0.124. The number of ether oxygens (including phenoxy) is 1. The van der Waals surface area contributed by atoms with Gasteiger partial charge in [0, 0.05) is 12.5 Å². The summed E-state index contributed by atoms with van der Waals surface area (Å²) in [4.78, 5) is 12.4. The van der Waals surface area contributed by atoms with Crippen LogP contribution in [0.5, 0.6) is 5.75 Å². The van der Waals surface area contributed by atoms with Crippen LogP contribution in [0.3, 0.4) is 0 Å². The van der Waals surface area contributed by atoms with Crippen LogP contribution in [0.25, 0.3) is 0 Å². The van der Waals surface area contributed by atoms with Gasteiger partial charge in [0.2, 0.25) is 5.91 Å². The maximum absolute atomic E-state index is 12.4. The highest BCUT2D eigenvalue weighted by Crippen LogP contribution is 2.38. The number of nitrogens with two attached hydrogens (primary N) is 1. The van der Waals surface area contributed by atoms with Crippen LogP contribution in [0.15, 0.2) is 24.3 Å². The van der Waals surface area contributed by atoms with Crippen molar-refractivity contribution in [3.8, 4) is 5.75 Å². The van der Waals surface area contributed by atoms with E-state index in [2.05, 4.69) is 24.4 Å². The fraction of sp³-hybridized carbons (Fsp3) is 0.650. The lowest BCUT2D eigenvalue weighted by Gasteiger charge is -2.36. The van der Waals surface area contributed by atoms with Gasteiger partial charge in [0.15, 0.2) is 0 Å². The third-order valence-electron chi connectivity index (χ3n) is 5.32. The number of aryl methyl sites for hydroxylation is 1. The molecule has 1 aliphatic rings. The first-order valence-electron chi connectivity index (χ1n) is 9.19. The Kier molecular flexibility index (Phi) is 7.10. The van der Waals surface area contributed by atoms with E-state index in [0.717, 1.165) is 31.4 Å². The molecule has 24 heavy (non-hydrogen) atoms. The zero-order chi connectivity index (χ0) is 17.4. The van der Waals surface area contributed by atoms with Gasteiger partial charge in [-0.1, -0.05) is 31.4 Å². The van der Waals surface area contributed by atoms with Crippen molar-refractivity contribution in [2.75, 3.05) is 13.7 Å². The monoisotopic (exact) mass is 332 g/mol. The largest absolute Gasteiger partial charge is 0.497 e. The van der Waals surface area contributed by atoms with Crippen LogP contribution in [0, 0.1) is 5.41 Å². The molecular weight excluding hydrogens is 300 g/mol. The Hall–Kier alpha value is -1.55. The van der Waals surface area contributed by atoms with Crippen LogP contribution in [-0.4, -0.2) is 25.6 Å². The number of methoxy groups -OCH3 is 1. The van der Waals surface area contributed by atoms with E-state index in [4.69, 9.17) is 10.5 Å². The molecule has 1 aromatic carbocycles. The van der Waals surface area contributed by atoms with Crippen LogP contribution in [0.2, 0.25) is 0 Å². The first-order chi connectivity index (χ1) is 11.6. The fourth-order valence-corrected chi connectivity index (χ4v) is 3.67. The van der Waals surface area contributed by atoms with Crippen molar-refractivity contribution < 1.29 is 9.53 Å². The molecule has 1 fully saturated rings. The lowest BCUT2D eigenvalue weighted by Crippen LogP contribution is -2.41. The highest BCUT2D eigenvalue weighted by Gasteiger charge is 2.33. The SMILES string of the molecule is COc1ccc(CCC(C)NC(=O)CC2(CN)CCCCC2)cc1.